The lowest BCUT2D eigenvalue weighted by atomic mass is 10.1. The van der Waals surface area contributed by atoms with Crippen LogP contribution in [-0.2, 0) is 0 Å². The second-order valence-electron chi connectivity index (χ2n) is 8.38. The van der Waals surface area contributed by atoms with Crippen LogP contribution < -0.4 is 15.2 Å². The van der Waals surface area contributed by atoms with Crippen molar-refractivity contribution >= 4 is 22.4 Å². The van der Waals surface area contributed by atoms with E-state index in [1.165, 1.54) is 4.68 Å². The summed E-state index contributed by atoms with van der Waals surface area (Å²) in [7, 11) is 1.75. The summed E-state index contributed by atoms with van der Waals surface area (Å²) in [5.74, 6) is 0.564. The Bertz CT molecular complexity index is 1400. The van der Waals surface area contributed by atoms with E-state index in [2.05, 4.69) is 16.9 Å². The molecule has 1 aliphatic heterocycles. The van der Waals surface area contributed by atoms with Gasteiger partial charge in [0.25, 0.3) is 11.5 Å². The summed E-state index contributed by atoms with van der Waals surface area (Å²) >= 11 is 0. The van der Waals surface area contributed by atoms with Gasteiger partial charge in [0.05, 0.1) is 29.9 Å². The molecule has 0 aliphatic carbocycles. The number of ether oxygens (including phenoxy) is 1. The molecule has 0 fully saturated rings. The van der Waals surface area contributed by atoms with Crippen LogP contribution in [-0.4, -0.2) is 53.4 Å². The summed E-state index contributed by atoms with van der Waals surface area (Å²) in [6.45, 7) is 4.03. The van der Waals surface area contributed by atoms with Crippen molar-refractivity contribution in [1.29, 1.82) is 0 Å². The molecule has 0 radical (unpaired) electrons. The Balaban J connectivity index is 1.48. The third-order valence-electron chi connectivity index (χ3n) is 6.14. The van der Waals surface area contributed by atoms with E-state index in [-0.39, 0.29) is 23.3 Å². The van der Waals surface area contributed by atoms with Gasteiger partial charge in [0.2, 0.25) is 0 Å². The van der Waals surface area contributed by atoms with Gasteiger partial charge >= 0.3 is 0 Å². The Labute approximate surface area is 197 Å². The van der Waals surface area contributed by atoms with Gasteiger partial charge in [0.15, 0.2) is 5.69 Å². The lowest BCUT2D eigenvalue weighted by Gasteiger charge is -2.37. The van der Waals surface area contributed by atoms with Crippen molar-refractivity contribution in [1.82, 2.24) is 14.7 Å². The Morgan fingerprint density at radius 3 is 2.44 bits per heavy atom. The number of carbonyl (C=O) groups is 1. The van der Waals surface area contributed by atoms with E-state index in [0.717, 1.165) is 18.0 Å². The topological polar surface area (TPSA) is 67.7 Å². The number of nitrogens with zero attached hydrogens (tertiary/aromatic N) is 4. The zero-order valence-corrected chi connectivity index (χ0v) is 19.2. The number of rotatable bonds is 5. The minimum Gasteiger partial charge on any atom is -0.485 e. The number of fused-ring (bicyclic) bond motifs is 2. The Morgan fingerprint density at radius 1 is 1.00 bits per heavy atom. The van der Waals surface area contributed by atoms with Crippen LogP contribution in [0.3, 0.4) is 0 Å². The largest absolute Gasteiger partial charge is 0.485 e. The number of likely N-dealkylation sites (N-methyl/N-ethyl adjacent to an activating group) is 2. The van der Waals surface area contributed by atoms with Crippen LogP contribution >= 0.6 is 0 Å². The van der Waals surface area contributed by atoms with Gasteiger partial charge in [-0.05, 0) is 37.3 Å². The van der Waals surface area contributed by atoms with Crippen molar-refractivity contribution in [2.24, 2.45) is 0 Å². The monoisotopic (exact) mass is 454 g/mol. The molecule has 5 rings (SSSR count). The van der Waals surface area contributed by atoms with E-state index < -0.39 is 0 Å². The number of anilines is 1. The molecule has 1 aromatic heterocycles. The highest BCUT2D eigenvalue weighted by Gasteiger charge is 2.28. The van der Waals surface area contributed by atoms with Gasteiger partial charge in [-0.25, -0.2) is 0 Å². The molecule has 0 spiro atoms. The second-order valence-corrected chi connectivity index (χ2v) is 8.38. The number of para-hydroxylation sites is 3. The van der Waals surface area contributed by atoms with Crippen LogP contribution in [0.4, 0.5) is 5.69 Å². The lowest BCUT2D eigenvalue weighted by Crippen LogP contribution is -2.47. The highest BCUT2D eigenvalue weighted by molar-refractivity contribution is 6.04. The normalized spacial score (nSPS) is 15.0. The van der Waals surface area contributed by atoms with Gasteiger partial charge in [0.1, 0.15) is 11.9 Å². The molecule has 1 amide bonds. The van der Waals surface area contributed by atoms with Gasteiger partial charge in [-0.1, -0.05) is 48.5 Å². The van der Waals surface area contributed by atoms with Gasteiger partial charge in [-0.2, -0.15) is 9.78 Å². The van der Waals surface area contributed by atoms with E-state index in [1.54, 1.807) is 42.3 Å². The molecule has 0 saturated carbocycles. The van der Waals surface area contributed by atoms with Crippen LogP contribution in [0.15, 0.2) is 83.7 Å². The molecule has 0 saturated heterocycles. The zero-order valence-electron chi connectivity index (χ0n) is 19.2. The Morgan fingerprint density at radius 2 is 1.68 bits per heavy atom. The molecule has 34 heavy (non-hydrogen) atoms. The molecule has 0 N–H and O–H groups in total. The molecule has 4 aromatic rings. The summed E-state index contributed by atoms with van der Waals surface area (Å²) in [5, 5.41) is 5.51. The smallest absolute Gasteiger partial charge is 0.279 e. The fraction of sp³-hybridized carbons (Fsp3) is 0.222. The molecule has 7 heteroatoms. The average molecular weight is 455 g/mol. The van der Waals surface area contributed by atoms with Gasteiger partial charge < -0.3 is 14.5 Å². The molecule has 172 valence electrons. The fourth-order valence-electron chi connectivity index (χ4n) is 4.43. The summed E-state index contributed by atoms with van der Waals surface area (Å²) in [6, 6.07) is 24.2. The third-order valence-corrected chi connectivity index (χ3v) is 6.14. The van der Waals surface area contributed by atoms with Crippen LogP contribution in [0.2, 0.25) is 0 Å². The summed E-state index contributed by atoms with van der Waals surface area (Å²) in [5.41, 5.74) is 1.66. The second kappa shape index (κ2) is 9.02. The minimum atomic E-state index is -0.258. The van der Waals surface area contributed by atoms with E-state index >= 15 is 0 Å². The van der Waals surface area contributed by atoms with E-state index in [0.29, 0.717) is 29.5 Å². The number of hydrogen-bond acceptors (Lipinski definition) is 5. The average Bonchev–Trinajstić information content (AvgIpc) is 2.88. The van der Waals surface area contributed by atoms with E-state index in [4.69, 9.17) is 4.74 Å². The maximum Gasteiger partial charge on any atom is 0.279 e. The summed E-state index contributed by atoms with van der Waals surface area (Å²) < 4.78 is 7.51. The molecule has 1 aliphatic rings. The van der Waals surface area contributed by atoms with Crippen molar-refractivity contribution in [2.45, 2.75) is 13.0 Å². The van der Waals surface area contributed by atoms with Crippen molar-refractivity contribution in [2.75, 3.05) is 31.6 Å². The van der Waals surface area contributed by atoms with Crippen molar-refractivity contribution < 1.29 is 9.53 Å². The molecule has 0 unspecified atom stereocenters. The number of benzene rings is 3. The number of amides is 1. The van der Waals surface area contributed by atoms with Gasteiger partial charge in [-0.15, -0.1) is 0 Å². The molecular formula is C27H26N4O3. The third kappa shape index (κ3) is 3.90. The fourth-order valence-corrected chi connectivity index (χ4v) is 4.43. The first-order valence-corrected chi connectivity index (χ1v) is 11.4. The first-order chi connectivity index (χ1) is 16.6. The van der Waals surface area contributed by atoms with Crippen molar-refractivity contribution in [3.63, 3.8) is 0 Å². The van der Waals surface area contributed by atoms with E-state index in [1.807, 2.05) is 48.5 Å². The maximum atomic E-state index is 13.6. The van der Waals surface area contributed by atoms with Crippen LogP contribution in [0.1, 0.15) is 17.4 Å². The molecule has 3 aromatic carbocycles. The van der Waals surface area contributed by atoms with Gasteiger partial charge in [0, 0.05) is 19.0 Å². The molecule has 1 atom stereocenters. The summed E-state index contributed by atoms with van der Waals surface area (Å²) in [4.78, 5) is 30.6. The van der Waals surface area contributed by atoms with Crippen LogP contribution in [0.5, 0.6) is 5.75 Å². The minimum absolute atomic E-state index is 0.185. The Kier molecular flexibility index (Phi) is 5.76. The van der Waals surface area contributed by atoms with Gasteiger partial charge in [-0.3, -0.25) is 9.59 Å². The predicted molar refractivity (Wildman–Crippen MR) is 133 cm³/mol. The van der Waals surface area contributed by atoms with Crippen LogP contribution in [0, 0.1) is 0 Å². The zero-order chi connectivity index (χ0) is 23.7. The van der Waals surface area contributed by atoms with Crippen molar-refractivity contribution in [3.8, 4) is 11.4 Å². The molecule has 0 bridgehead atoms. The SMILES string of the molecule is CCN1C[C@H](CN(C)C(=O)c2nn(-c3ccccc3)c(=O)c3ccccc23)Oc2ccccc21. The first-order valence-electron chi connectivity index (χ1n) is 11.4. The van der Waals surface area contributed by atoms with Crippen LogP contribution in [0.25, 0.3) is 16.5 Å². The number of aromatic nitrogens is 2. The molecular weight excluding hydrogens is 428 g/mol. The Hall–Kier alpha value is -4.13. The highest BCUT2D eigenvalue weighted by Crippen LogP contribution is 2.33. The first kappa shape index (κ1) is 21.7. The number of hydrogen-bond donors (Lipinski definition) is 0. The maximum absolute atomic E-state index is 13.6. The highest BCUT2D eigenvalue weighted by atomic mass is 16.5. The molecule has 7 nitrogen and oxygen atoms in total. The van der Waals surface area contributed by atoms with E-state index in [9.17, 15) is 9.59 Å². The number of carbonyl (C=O) groups excluding carboxylic acids is 1. The summed E-state index contributed by atoms with van der Waals surface area (Å²) in [6.07, 6.45) is -0.185. The molecule has 2 heterocycles. The van der Waals surface area contributed by atoms with Crippen molar-refractivity contribution in [3.05, 3.63) is 94.9 Å². The standard InChI is InChI=1S/C27H26N4O3/c1-3-30-18-20(34-24-16-10-9-15-23(24)30)17-29(2)27(33)25-21-13-7-8-14-22(21)26(32)31(28-25)19-11-5-4-6-12-19/h4-16,20H,3,17-18H2,1-2H3/t20-/m0/s1. The quantitative estimate of drug-likeness (QED) is 0.460. The lowest BCUT2D eigenvalue weighted by molar-refractivity contribution is 0.0704. The predicted octanol–water partition coefficient (Wildman–Crippen LogP) is 3.75.